The quantitative estimate of drug-likeness (QED) is 0.554. The third-order valence-electron chi connectivity index (χ3n) is 4.42. The average molecular weight is 409 g/mol. The third kappa shape index (κ3) is 4.19. The van der Waals surface area contributed by atoms with Crippen LogP contribution in [0.25, 0.3) is 22.4 Å². The van der Waals surface area contributed by atoms with E-state index in [2.05, 4.69) is 30.6 Å². The number of pyridine rings is 1. The van der Waals surface area contributed by atoms with Gasteiger partial charge in [0.2, 0.25) is 5.91 Å². The molecule has 3 aromatic rings. The summed E-state index contributed by atoms with van der Waals surface area (Å²) in [6.07, 6.45) is 2.57. The number of H-pyrrole nitrogens is 1. The highest BCUT2D eigenvalue weighted by atomic mass is 35.5. The van der Waals surface area contributed by atoms with Gasteiger partial charge in [-0.2, -0.15) is 0 Å². The normalized spacial score (nSPS) is 13.5. The molecule has 28 heavy (non-hydrogen) atoms. The van der Waals surface area contributed by atoms with Crippen LogP contribution >= 0.6 is 11.6 Å². The Bertz CT molecular complexity index is 995. The van der Waals surface area contributed by atoms with Crippen molar-refractivity contribution in [2.75, 3.05) is 11.9 Å². The van der Waals surface area contributed by atoms with E-state index in [1.165, 1.54) is 6.20 Å². The molecule has 3 heterocycles. The van der Waals surface area contributed by atoms with Gasteiger partial charge in [0.25, 0.3) is 6.43 Å². The molecule has 3 aromatic heterocycles. The number of hydrogen-bond acceptors (Lipinski definition) is 5. The fourth-order valence-corrected chi connectivity index (χ4v) is 2.83. The van der Waals surface area contributed by atoms with Crippen LogP contribution in [0.3, 0.4) is 0 Å². The first-order chi connectivity index (χ1) is 13.3. The highest BCUT2D eigenvalue weighted by Gasteiger charge is 2.32. The van der Waals surface area contributed by atoms with E-state index in [1.54, 1.807) is 38.4 Å². The number of nitrogens with zero attached hydrogens (tertiary/aromatic N) is 3. The molecule has 0 aliphatic heterocycles. The Morgan fingerprint density at radius 2 is 2.18 bits per heavy atom. The molecule has 0 unspecified atom stereocenters. The fourth-order valence-electron chi connectivity index (χ4n) is 2.67. The number of halogens is 3. The standard InChI is InChI=1S/C18H19ClF2N6O/c1-3-18(2,17(28)25-9-13(20)21)27-14-4-5-22-16(26-14)12-8-24-15-11(12)6-10(19)7-23-15/h4-8,13H,3,9H2,1-2H3,(H,23,24)(H,25,28)(H,22,26,27)/t18-/m1/s1. The van der Waals surface area contributed by atoms with Gasteiger partial charge < -0.3 is 15.6 Å². The zero-order valence-corrected chi connectivity index (χ0v) is 16.0. The van der Waals surface area contributed by atoms with Crippen LogP contribution in [0.15, 0.2) is 30.7 Å². The van der Waals surface area contributed by atoms with Gasteiger partial charge in [-0.15, -0.1) is 0 Å². The zero-order chi connectivity index (χ0) is 20.3. The molecule has 1 atom stereocenters. The molecule has 10 heteroatoms. The van der Waals surface area contributed by atoms with Gasteiger partial charge in [0.15, 0.2) is 5.82 Å². The largest absolute Gasteiger partial charge is 0.356 e. The lowest BCUT2D eigenvalue weighted by atomic mass is 9.97. The maximum absolute atomic E-state index is 12.4. The van der Waals surface area contributed by atoms with Crippen LogP contribution in [0, 0.1) is 0 Å². The van der Waals surface area contributed by atoms with Crippen LogP contribution < -0.4 is 10.6 Å². The summed E-state index contributed by atoms with van der Waals surface area (Å²) in [6, 6.07) is 3.37. The second-order valence-corrected chi connectivity index (χ2v) is 6.87. The summed E-state index contributed by atoms with van der Waals surface area (Å²) in [5.41, 5.74) is 0.242. The van der Waals surface area contributed by atoms with Crippen molar-refractivity contribution in [1.29, 1.82) is 0 Å². The molecular formula is C18H19ClF2N6O. The number of anilines is 1. The smallest absolute Gasteiger partial charge is 0.255 e. The molecule has 7 nitrogen and oxygen atoms in total. The second-order valence-electron chi connectivity index (χ2n) is 6.43. The molecular weight excluding hydrogens is 390 g/mol. The van der Waals surface area contributed by atoms with E-state index < -0.39 is 24.4 Å². The van der Waals surface area contributed by atoms with Crippen LogP contribution in [0.4, 0.5) is 14.6 Å². The van der Waals surface area contributed by atoms with Crippen molar-refractivity contribution >= 4 is 34.4 Å². The lowest BCUT2D eigenvalue weighted by Gasteiger charge is -2.29. The van der Waals surface area contributed by atoms with Gasteiger partial charge in [-0.1, -0.05) is 18.5 Å². The first-order valence-electron chi connectivity index (χ1n) is 8.63. The van der Waals surface area contributed by atoms with Crippen molar-refractivity contribution in [2.24, 2.45) is 0 Å². The minimum absolute atomic E-state index is 0.369. The number of alkyl halides is 2. The van der Waals surface area contributed by atoms with Crippen LogP contribution in [-0.4, -0.2) is 44.4 Å². The van der Waals surface area contributed by atoms with Gasteiger partial charge in [0, 0.05) is 29.5 Å². The topological polar surface area (TPSA) is 95.6 Å². The highest BCUT2D eigenvalue weighted by Crippen LogP contribution is 2.28. The minimum atomic E-state index is -2.61. The lowest BCUT2D eigenvalue weighted by molar-refractivity contribution is -0.125. The summed E-state index contributed by atoms with van der Waals surface area (Å²) < 4.78 is 24.8. The van der Waals surface area contributed by atoms with E-state index in [4.69, 9.17) is 11.6 Å². The number of hydrogen-bond donors (Lipinski definition) is 3. The van der Waals surface area contributed by atoms with Gasteiger partial charge in [-0.3, -0.25) is 4.79 Å². The zero-order valence-electron chi connectivity index (χ0n) is 15.3. The number of carbonyl (C=O) groups is 1. The third-order valence-corrected chi connectivity index (χ3v) is 4.63. The van der Waals surface area contributed by atoms with E-state index >= 15 is 0 Å². The maximum Gasteiger partial charge on any atom is 0.255 e. The Labute approximate surface area is 164 Å². The Hall–Kier alpha value is -2.81. The molecule has 0 fully saturated rings. The Kier molecular flexibility index (Phi) is 5.73. The summed E-state index contributed by atoms with van der Waals surface area (Å²) in [5.74, 6) is 0.274. The number of rotatable bonds is 7. The molecule has 0 aromatic carbocycles. The Morgan fingerprint density at radius 3 is 2.89 bits per heavy atom. The summed E-state index contributed by atoms with van der Waals surface area (Å²) in [7, 11) is 0. The van der Waals surface area contributed by atoms with E-state index in [9.17, 15) is 13.6 Å². The Morgan fingerprint density at radius 1 is 1.39 bits per heavy atom. The number of amides is 1. The molecule has 0 bridgehead atoms. The minimum Gasteiger partial charge on any atom is -0.356 e. The SMILES string of the molecule is CC[C@@](C)(Nc1ccnc(-c2c[nH]c3ncc(Cl)cc23)n1)C(=O)NCC(F)F. The summed E-state index contributed by atoms with van der Waals surface area (Å²) in [6.45, 7) is 2.71. The summed E-state index contributed by atoms with van der Waals surface area (Å²) >= 11 is 6.03. The molecule has 3 rings (SSSR count). The van der Waals surface area contributed by atoms with Gasteiger partial charge in [-0.25, -0.2) is 23.7 Å². The lowest BCUT2D eigenvalue weighted by Crippen LogP contribution is -2.51. The van der Waals surface area contributed by atoms with Gasteiger partial charge >= 0.3 is 0 Å². The van der Waals surface area contributed by atoms with Crippen molar-refractivity contribution in [3.63, 3.8) is 0 Å². The van der Waals surface area contributed by atoms with Crippen molar-refractivity contribution in [2.45, 2.75) is 32.2 Å². The molecule has 3 N–H and O–H groups in total. The molecule has 0 radical (unpaired) electrons. The predicted molar refractivity (Wildman–Crippen MR) is 103 cm³/mol. The van der Waals surface area contributed by atoms with Crippen molar-refractivity contribution in [3.8, 4) is 11.4 Å². The summed E-state index contributed by atoms with van der Waals surface area (Å²) in [5, 5.41) is 6.52. The van der Waals surface area contributed by atoms with Crippen LogP contribution in [-0.2, 0) is 4.79 Å². The van der Waals surface area contributed by atoms with Crippen molar-refractivity contribution < 1.29 is 13.6 Å². The van der Waals surface area contributed by atoms with Gasteiger partial charge in [-0.05, 0) is 25.5 Å². The molecule has 0 aliphatic carbocycles. The van der Waals surface area contributed by atoms with Crippen LogP contribution in [0.1, 0.15) is 20.3 Å². The second kappa shape index (κ2) is 8.05. The number of aromatic amines is 1. The van der Waals surface area contributed by atoms with E-state index in [-0.39, 0.29) is 0 Å². The van der Waals surface area contributed by atoms with Crippen LogP contribution in [0.2, 0.25) is 5.02 Å². The number of carbonyl (C=O) groups excluding carboxylic acids is 1. The van der Waals surface area contributed by atoms with E-state index in [1.807, 2.05) is 0 Å². The van der Waals surface area contributed by atoms with E-state index in [0.717, 1.165) is 5.39 Å². The van der Waals surface area contributed by atoms with Crippen molar-refractivity contribution in [3.05, 3.63) is 35.7 Å². The molecule has 0 spiro atoms. The van der Waals surface area contributed by atoms with Crippen LogP contribution in [0.5, 0.6) is 0 Å². The molecule has 148 valence electrons. The molecule has 0 aliphatic rings. The molecule has 0 saturated heterocycles. The number of fused-ring (bicyclic) bond motifs is 1. The average Bonchev–Trinajstić information content (AvgIpc) is 3.09. The fraction of sp³-hybridized carbons (Fsp3) is 0.333. The summed E-state index contributed by atoms with van der Waals surface area (Å²) in [4.78, 5) is 28.3. The molecule has 0 saturated carbocycles. The Balaban J connectivity index is 1.88. The first kappa shape index (κ1) is 19.9. The van der Waals surface area contributed by atoms with E-state index in [0.29, 0.717) is 34.3 Å². The highest BCUT2D eigenvalue weighted by molar-refractivity contribution is 6.31. The first-order valence-corrected chi connectivity index (χ1v) is 9.01. The molecule has 1 amide bonds. The monoisotopic (exact) mass is 408 g/mol. The van der Waals surface area contributed by atoms with Gasteiger partial charge in [0.1, 0.15) is 17.0 Å². The maximum atomic E-state index is 12.4. The predicted octanol–water partition coefficient (Wildman–Crippen LogP) is 3.64. The number of aromatic nitrogens is 4. The van der Waals surface area contributed by atoms with Gasteiger partial charge in [0.05, 0.1) is 11.6 Å². The number of nitrogens with one attached hydrogen (secondary N) is 3. The van der Waals surface area contributed by atoms with Crippen molar-refractivity contribution in [1.82, 2.24) is 25.3 Å².